The SMILES string of the molecule is Oc1cccc(CCc2cn[nH]n2)c1. The van der Waals surface area contributed by atoms with Crippen LogP contribution in [0.25, 0.3) is 0 Å². The van der Waals surface area contributed by atoms with E-state index < -0.39 is 0 Å². The van der Waals surface area contributed by atoms with Crippen LogP contribution in [0.15, 0.2) is 30.5 Å². The van der Waals surface area contributed by atoms with Crippen LogP contribution >= 0.6 is 0 Å². The van der Waals surface area contributed by atoms with Crippen LogP contribution in [0.1, 0.15) is 11.3 Å². The highest BCUT2D eigenvalue weighted by Crippen LogP contribution is 2.12. The zero-order valence-electron chi connectivity index (χ0n) is 7.64. The molecule has 0 aliphatic rings. The van der Waals surface area contributed by atoms with Crippen molar-refractivity contribution in [2.75, 3.05) is 0 Å². The third-order valence-corrected chi connectivity index (χ3v) is 2.05. The van der Waals surface area contributed by atoms with Crippen molar-refractivity contribution in [2.45, 2.75) is 12.8 Å². The molecule has 1 aromatic heterocycles. The van der Waals surface area contributed by atoms with E-state index in [4.69, 9.17) is 0 Å². The van der Waals surface area contributed by atoms with Crippen LogP contribution in [-0.2, 0) is 12.8 Å². The predicted molar refractivity (Wildman–Crippen MR) is 51.9 cm³/mol. The molecule has 2 aromatic rings. The molecule has 0 aliphatic heterocycles. The molecule has 72 valence electrons. The number of rotatable bonds is 3. The fourth-order valence-corrected chi connectivity index (χ4v) is 1.33. The van der Waals surface area contributed by atoms with E-state index in [1.807, 2.05) is 12.1 Å². The number of hydrogen-bond donors (Lipinski definition) is 2. The minimum atomic E-state index is 0.308. The molecule has 4 heteroatoms. The molecule has 0 saturated carbocycles. The molecule has 0 bridgehead atoms. The van der Waals surface area contributed by atoms with E-state index in [-0.39, 0.29) is 0 Å². The maximum Gasteiger partial charge on any atom is 0.115 e. The highest BCUT2D eigenvalue weighted by Gasteiger charge is 1.98. The second-order valence-electron chi connectivity index (χ2n) is 3.13. The Balaban J connectivity index is 1.98. The van der Waals surface area contributed by atoms with Crippen LogP contribution in [0, 0.1) is 0 Å². The van der Waals surface area contributed by atoms with E-state index in [9.17, 15) is 5.11 Å². The van der Waals surface area contributed by atoms with Gasteiger partial charge in [0, 0.05) is 0 Å². The van der Waals surface area contributed by atoms with Crippen LogP contribution in [0.4, 0.5) is 0 Å². The number of aryl methyl sites for hydroxylation is 2. The molecule has 2 rings (SSSR count). The number of nitrogens with one attached hydrogen (secondary N) is 1. The molecule has 0 spiro atoms. The lowest BCUT2D eigenvalue weighted by Gasteiger charge is -1.99. The molecule has 0 aliphatic carbocycles. The summed E-state index contributed by atoms with van der Waals surface area (Å²) >= 11 is 0. The number of aromatic hydroxyl groups is 1. The minimum Gasteiger partial charge on any atom is -0.508 e. The van der Waals surface area contributed by atoms with Gasteiger partial charge in [0.05, 0.1) is 11.9 Å². The molecule has 0 radical (unpaired) electrons. The Morgan fingerprint density at radius 2 is 2.21 bits per heavy atom. The lowest BCUT2D eigenvalue weighted by atomic mass is 10.1. The van der Waals surface area contributed by atoms with Crippen molar-refractivity contribution in [3.8, 4) is 5.75 Å². The van der Waals surface area contributed by atoms with Gasteiger partial charge in [0.1, 0.15) is 5.75 Å². The Bertz CT molecular complexity index is 398. The van der Waals surface area contributed by atoms with Crippen molar-refractivity contribution in [3.63, 3.8) is 0 Å². The van der Waals surface area contributed by atoms with Gasteiger partial charge in [-0.2, -0.15) is 15.4 Å². The van der Waals surface area contributed by atoms with Crippen LogP contribution in [0.2, 0.25) is 0 Å². The molecule has 0 unspecified atom stereocenters. The van der Waals surface area contributed by atoms with Gasteiger partial charge < -0.3 is 5.11 Å². The summed E-state index contributed by atoms with van der Waals surface area (Å²) in [5.74, 6) is 0.308. The Kier molecular flexibility index (Phi) is 2.44. The highest BCUT2D eigenvalue weighted by atomic mass is 16.3. The third kappa shape index (κ3) is 2.10. The summed E-state index contributed by atoms with van der Waals surface area (Å²) in [5.41, 5.74) is 2.04. The Hall–Kier alpha value is -1.84. The minimum absolute atomic E-state index is 0.308. The number of nitrogens with zero attached hydrogens (tertiary/aromatic N) is 2. The summed E-state index contributed by atoms with van der Waals surface area (Å²) in [5, 5.41) is 19.5. The van der Waals surface area contributed by atoms with Crippen molar-refractivity contribution in [1.29, 1.82) is 0 Å². The molecular weight excluding hydrogens is 178 g/mol. The Morgan fingerprint density at radius 1 is 1.29 bits per heavy atom. The van der Waals surface area contributed by atoms with E-state index >= 15 is 0 Å². The highest BCUT2D eigenvalue weighted by molar-refractivity contribution is 5.27. The van der Waals surface area contributed by atoms with Gasteiger partial charge in [0.25, 0.3) is 0 Å². The largest absolute Gasteiger partial charge is 0.508 e. The number of benzene rings is 1. The summed E-state index contributed by atoms with van der Waals surface area (Å²) in [7, 11) is 0. The van der Waals surface area contributed by atoms with Gasteiger partial charge >= 0.3 is 0 Å². The van der Waals surface area contributed by atoms with Crippen molar-refractivity contribution in [3.05, 3.63) is 41.7 Å². The number of aromatic nitrogens is 3. The van der Waals surface area contributed by atoms with E-state index in [0.29, 0.717) is 5.75 Å². The monoisotopic (exact) mass is 189 g/mol. The number of H-pyrrole nitrogens is 1. The lowest BCUT2D eigenvalue weighted by Crippen LogP contribution is -1.91. The van der Waals surface area contributed by atoms with E-state index in [2.05, 4.69) is 15.4 Å². The number of hydrogen-bond acceptors (Lipinski definition) is 3. The van der Waals surface area contributed by atoms with Gasteiger partial charge in [-0.05, 0) is 30.5 Å². The van der Waals surface area contributed by atoms with Crippen molar-refractivity contribution in [1.82, 2.24) is 15.4 Å². The van der Waals surface area contributed by atoms with Crippen molar-refractivity contribution >= 4 is 0 Å². The standard InChI is InChI=1S/C10H11N3O/c14-10-3-1-2-8(6-10)4-5-9-7-11-13-12-9/h1-3,6-7,14H,4-5H2,(H,11,12,13). The normalized spacial score (nSPS) is 10.3. The maximum absolute atomic E-state index is 9.24. The van der Waals surface area contributed by atoms with Crippen LogP contribution < -0.4 is 0 Å². The van der Waals surface area contributed by atoms with E-state index in [1.165, 1.54) is 0 Å². The molecule has 0 atom stereocenters. The average Bonchev–Trinajstić information content (AvgIpc) is 2.67. The van der Waals surface area contributed by atoms with Gasteiger partial charge in [-0.1, -0.05) is 12.1 Å². The first-order valence-electron chi connectivity index (χ1n) is 4.47. The molecule has 2 N–H and O–H groups in total. The quantitative estimate of drug-likeness (QED) is 0.764. The summed E-state index contributed by atoms with van der Waals surface area (Å²) in [4.78, 5) is 0. The predicted octanol–water partition coefficient (Wildman–Crippen LogP) is 1.30. The van der Waals surface area contributed by atoms with Crippen LogP contribution in [-0.4, -0.2) is 20.5 Å². The molecule has 14 heavy (non-hydrogen) atoms. The topological polar surface area (TPSA) is 61.8 Å². The molecule has 0 saturated heterocycles. The number of phenolic OH excluding ortho intramolecular Hbond substituents is 1. The van der Waals surface area contributed by atoms with Gasteiger partial charge in [0.15, 0.2) is 0 Å². The first-order valence-corrected chi connectivity index (χ1v) is 4.47. The summed E-state index contributed by atoms with van der Waals surface area (Å²) in [6, 6.07) is 7.26. The second kappa shape index (κ2) is 3.91. The molecule has 1 heterocycles. The second-order valence-corrected chi connectivity index (χ2v) is 3.13. The molecule has 0 fully saturated rings. The summed E-state index contributed by atoms with van der Waals surface area (Å²) in [6.07, 6.45) is 3.41. The molecular formula is C10H11N3O. The average molecular weight is 189 g/mol. The van der Waals surface area contributed by atoms with Gasteiger partial charge in [-0.15, -0.1) is 0 Å². The fraction of sp³-hybridized carbons (Fsp3) is 0.200. The summed E-state index contributed by atoms with van der Waals surface area (Å²) < 4.78 is 0. The maximum atomic E-state index is 9.24. The third-order valence-electron chi connectivity index (χ3n) is 2.05. The van der Waals surface area contributed by atoms with Gasteiger partial charge in [-0.25, -0.2) is 0 Å². The Labute approximate surface area is 81.6 Å². The van der Waals surface area contributed by atoms with Gasteiger partial charge in [-0.3, -0.25) is 0 Å². The zero-order valence-corrected chi connectivity index (χ0v) is 7.64. The van der Waals surface area contributed by atoms with Gasteiger partial charge in [0.2, 0.25) is 0 Å². The first kappa shape index (κ1) is 8.74. The molecule has 0 amide bonds. The van der Waals surface area contributed by atoms with Crippen molar-refractivity contribution in [2.24, 2.45) is 0 Å². The number of phenols is 1. The summed E-state index contributed by atoms with van der Waals surface area (Å²) in [6.45, 7) is 0. The zero-order chi connectivity index (χ0) is 9.80. The first-order chi connectivity index (χ1) is 6.84. The van der Waals surface area contributed by atoms with Crippen LogP contribution in [0.3, 0.4) is 0 Å². The van der Waals surface area contributed by atoms with E-state index in [1.54, 1.807) is 18.3 Å². The van der Waals surface area contributed by atoms with Crippen LogP contribution in [0.5, 0.6) is 5.75 Å². The Morgan fingerprint density at radius 3 is 2.93 bits per heavy atom. The number of aromatic amines is 1. The fourth-order valence-electron chi connectivity index (χ4n) is 1.33. The molecule has 4 nitrogen and oxygen atoms in total. The smallest absolute Gasteiger partial charge is 0.115 e. The van der Waals surface area contributed by atoms with Crippen molar-refractivity contribution < 1.29 is 5.11 Å². The molecule has 1 aromatic carbocycles. The lowest BCUT2D eigenvalue weighted by molar-refractivity contribution is 0.474. The van der Waals surface area contributed by atoms with E-state index in [0.717, 1.165) is 24.1 Å².